The van der Waals surface area contributed by atoms with E-state index in [1.54, 1.807) is 0 Å². The van der Waals surface area contributed by atoms with Crippen molar-refractivity contribution in [1.29, 1.82) is 0 Å². The predicted molar refractivity (Wildman–Crippen MR) is 88.6 cm³/mol. The standard InChI is InChI=1S/C17H21BrN2/c1-20(12-15-7-9-16(18)10-8-15)13-17(19)11-14-5-3-2-4-6-14/h2-10,17H,11-13,19H2,1H3. The fraction of sp³-hybridized carbons (Fsp3) is 0.294. The van der Waals surface area contributed by atoms with E-state index in [1.807, 2.05) is 6.07 Å². The van der Waals surface area contributed by atoms with Crippen molar-refractivity contribution in [2.24, 2.45) is 5.73 Å². The van der Waals surface area contributed by atoms with Crippen molar-refractivity contribution < 1.29 is 0 Å². The maximum Gasteiger partial charge on any atom is 0.0231 e. The van der Waals surface area contributed by atoms with Gasteiger partial charge in [0.25, 0.3) is 0 Å². The minimum atomic E-state index is 0.165. The van der Waals surface area contributed by atoms with Crippen LogP contribution in [0.4, 0.5) is 0 Å². The third-order valence-electron chi connectivity index (χ3n) is 3.25. The highest BCUT2D eigenvalue weighted by molar-refractivity contribution is 9.10. The number of nitrogens with zero attached hydrogens (tertiary/aromatic N) is 1. The van der Waals surface area contributed by atoms with E-state index in [9.17, 15) is 0 Å². The quantitative estimate of drug-likeness (QED) is 0.877. The molecule has 0 bridgehead atoms. The van der Waals surface area contributed by atoms with Crippen LogP contribution >= 0.6 is 15.9 Å². The topological polar surface area (TPSA) is 29.3 Å². The molecule has 20 heavy (non-hydrogen) atoms. The number of benzene rings is 2. The Hall–Kier alpha value is -1.16. The largest absolute Gasteiger partial charge is 0.326 e. The lowest BCUT2D eigenvalue weighted by atomic mass is 10.1. The van der Waals surface area contributed by atoms with Gasteiger partial charge in [-0.05, 0) is 36.7 Å². The SMILES string of the molecule is CN(Cc1ccc(Br)cc1)CC(N)Cc1ccccc1. The molecule has 0 aromatic heterocycles. The molecule has 2 aromatic carbocycles. The van der Waals surface area contributed by atoms with Gasteiger partial charge in [-0.15, -0.1) is 0 Å². The summed E-state index contributed by atoms with van der Waals surface area (Å²) in [7, 11) is 2.12. The van der Waals surface area contributed by atoms with Crippen molar-refractivity contribution in [3.05, 3.63) is 70.2 Å². The summed E-state index contributed by atoms with van der Waals surface area (Å²) in [5.41, 5.74) is 8.85. The Morgan fingerprint density at radius 1 is 1.00 bits per heavy atom. The van der Waals surface area contributed by atoms with Gasteiger partial charge >= 0.3 is 0 Å². The Kier molecular flexibility index (Phi) is 5.77. The number of hydrogen-bond acceptors (Lipinski definition) is 2. The van der Waals surface area contributed by atoms with Gasteiger partial charge in [-0.1, -0.05) is 58.4 Å². The maximum atomic E-state index is 6.24. The van der Waals surface area contributed by atoms with Crippen LogP contribution in [0.5, 0.6) is 0 Å². The monoisotopic (exact) mass is 332 g/mol. The van der Waals surface area contributed by atoms with Crippen LogP contribution in [0.15, 0.2) is 59.1 Å². The van der Waals surface area contributed by atoms with Gasteiger partial charge in [0, 0.05) is 23.6 Å². The smallest absolute Gasteiger partial charge is 0.0231 e. The van der Waals surface area contributed by atoms with E-state index in [2.05, 4.69) is 76.4 Å². The molecule has 0 aliphatic rings. The first-order valence-electron chi connectivity index (χ1n) is 6.86. The average molecular weight is 333 g/mol. The van der Waals surface area contributed by atoms with Crippen LogP contribution in [-0.4, -0.2) is 24.5 Å². The second-order valence-electron chi connectivity index (χ2n) is 5.27. The molecule has 0 saturated carbocycles. The molecule has 0 aliphatic carbocycles. The van der Waals surface area contributed by atoms with Crippen LogP contribution in [0.1, 0.15) is 11.1 Å². The van der Waals surface area contributed by atoms with E-state index in [1.165, 1.54) is 11.1 Å². The normalized spacial score (nSPS) is 12.6. The molecule has 0 fully saturated rings. The van der Waals surface area contributed by atoms with Gasteiger partial charge in [-0.3, -0.25) is 0 Å². The highest BCUT2D eigenvalue weighted by atomic mass is 79.9. The van der Waals surface area contributed by atoms with Crippen molar-refractivity contribution in [2.45, 2.75) is 19.0 Å². The molecule has 0 heterocycles. The molecule has 0 amide bonds. The van der Waals surface area contributed by atoms with E-state index < -0.39 is 0 Å². The highest BCUT2D eigenvalue weighted by Crippen LogP contribution is 2.12. The third kappa shape index (κ3) is 5.08. The van der Waals surface area contributed by atoms with E-state index in [0.29, 0.717) is 0 Å². The molecular formula is C17H21BrN2. The van der Waals surface area contributed by atoms with Gasteiger partial charge in [0.1, 0.15) is 0 Å². The molecule has 1 unspecified atom stereocenters. The molecule has 3 heteroatoms. The zero-order valence-electron chi connectivity index (χ0n) is 11.8. The molecule has 106 valence electrons. The Labute approximate surface area is 129 Å². The first kappa shape index (κ1) is 15.2. The van der Waals surface area contributed by atoms with Crippen LogP contribution in [0.25, 0.3) is 0 Å². The van der Waals surface area contributed by atoms with Crippen molar-refractivity contribution in [3.63, 3.8) is 0 Å². The van der Waals surface area contributed by atoms with Crippen molar-refractivity contribution in [1.82, 2.24) is 4.90 Å². The number of nitrogens with two attached hydrogens (primary N) is 1. The Balaban J connectivity index is 1.81. The van der Waals surface area contributed by atoms with Crippen LogP contribution in [0, 0.1) is 0 Å². The first-order valence-corrected chi connectivity index (χ1v) is 7.65. The van der Waals surface area contributed by atoms with Crippen LogP contribution in [-0.2, 0) is 13.0 Å². The summed E-state index contributed by atoms with van der Waals surface area (Å²) in [5, 5.41) is 0. The van der Waals surface area contributed by atoms with Gasteiger partial charge in [0.05, 0.1) is 0 Å². The van der Waals surface area contributed by atoms with Gasteiger partial charge in [0.15, 0.2) is 0 Å². The summed E-state index contributed by atoms with van der Waals surface area (Å²) < 4.78 is 1.12. The lowest BCUT2D eigenvalue weighted by Crippen LogP contribution is -2.36. The van der Waals surface area contributed by atoms with E-state index in [-0.39, 0.29) is 6.04 Å². The molecule has 1 atom stereocenters. The minimum absolute atomic E-state index is 0.165. The molecule has 2 rings (SSSR count). The van der Waals surface area contributed by atoms with Gasteiger partial charge < -0.3 is 10.6 Å². The van der Waals surface area contributed by atoms with Crippen molar-refractivity contribution in [3.8, 4) is 0 Å². The molecule has 2 aromatic rings. The summed E-state index contributed by atoms with van der Waals surface area (Å²) in [5.74, 6) is 0. The van der Waals surface area contributed by atoms with E-state index in [0.717, 1.165) is 24.0 Å². The zero-order valence-corrected chi connectivity index (χ0v) is 13.4. The molecular weight excluding hydrogens is 312 g/mol. The highest BCUT2D eigenvalue weighted by Gasteiger charge is 2.08. The predicted octanol–water partition coefficient (Wildman–Crippen LogP) is 3.45. The van der Waals surface area contributed by atoms with Crippen molar-refractivity contribution >= 4 is 15.9 Å². The minimum Gasteiger partial charge on any atom is -0.326 e. The summed E-state index contributed by atoms with van der Waals surface area (Å²) in [6.45, 7) is 1.82. The van der Waals surface area contributed by atoms with E-state index in [4.69, 9.17) is 5.73 Å². The Morgan fingerprint density at radius 2 is 1.65 bits per heavy atom. The van der Waals surface area contributed by atoms with Crippen LogP contribution in [0.3, 0.4) is 0 Å². The second kappa shape index (κ2) is 7.58. The number of rotatable bonds is 6. The average Bonchev–Trinajstić information content (AvgIpc) is 2.42. The summed E-state index contributed by atoms with van der Waals surface area (Å²) in [4.78, 5) is 2.27. The number of halogens is 1. The summed E-state index contributed by atoms with van der Waals surface area (Å²) >= 11 is 3.46. The fourth-order valence-corrected chi connectivity index (χ4v) is 2.61. The van der Waals surface area contributed by atoms with Gasteiger partial charge in [0.2, 0.25) is 0 Å². The second-order valence-corrected chi connectivity index (χ2v) is 6.19. The molecule has 2 N–H and O–H groups in total. The molecule has 0 saturated heterocycles. The van der Waals surface area contributed by atoms with Crippen molar-refractivity contribution in [2.75, 3.05) is 13.6 Å². The number of hydrogen-bond donors (Lipinski definition) is 1. The third-order valence-corrected chi connectivity index (χ3v) is 3.78. The summed E-state index contributed by atoms with van der Waals surface area (Å²) in [6, 6.07) is 19.0. The Bertz CT molecular complexity index is 510. The first-order chi connectivity index (χ1) is 9.63. The Morgan fingerprint density at radius 3 is 2.30 bits per heavy atom. The molecule has 0 radical (unpaired) electrons. The van der Waals surface area contributed by atoms with E-state index >= 15 is 0 Å². The zero-order chi connectivity index (χ0) is 14.4. The molecule has 2 nitrogen and oxygen atoms in total. The molecule has 0 spiro atoms. The lowest BCUT2D eigenvalue weighted by Gasteiger charge is -2.21. The molecule has 0 aliphatic heterocycles. The lowest BCUT2D eigenvalue weighted by molar-refractivity contribution is 0.302. The fourth-order valence-electron chi connectivity index (χ4n) is 2.35. The maximum absolute atomic E-state index is 6.24. The van der Waals surface area contributed by atoms with Crippen LogP contribution < -0.4 is 5.73 Å². The van der Waals surface area contributed by atoms with Gasteiger partial charge in [-0.2, -0.15) is 0 Å². The van der Waals surface area contributed by atoms with Gasteiger partial charge in [-0.25, -0.2) is 0 Å². The van der Waals surface area contributed by atoms with Crippen LogP contribution in [0.2, 0.25) is 0 Å². The number of likely N-dealkylation sites (N-methyl/N-ethyl adjacent to an activating group) is 1. The summed E-state index contributed by atoms with van der Waals surface area (Å²) in [6.07, 6.45) is 0.922.